The van der Waals surface area contributed by atoms with Crippen molar-refractivity contribution < 1.29 is 13.2 Å². The highest BCUT2D eigenvalue weighted by atomic mass is 32.2. The van der Waals surface area contributed by atoms with Gasteiger partial charge in [-0.25, -0.2) is 12.7 Å². The highest BCUT2D eigenvalue weighted by molar-refractivity contribution is 7.89. The molecule has 2 fully saturated rings. The molecule has 2 heterocycles. The molecule has 16 heavy (non-hydrogen) atoms. The number of hydrogen-bond acceptors (Lipinski definition) is 4. The molecule has 1 amide bonds. The zero-order valence-electron chi connectivity index (χ0n) is 9.31. The van der Waals surface area contributed by atoms with Crippen molar-refractivity contribution in [2.75, 3.05) is 25.4 Å². The van der Waals surface area contributed by atoms with Crippen LogP contribution >= 0.6 is 0 Å². The van der Waals surface area contributed by atoms with Gasteiger partial charge < -0.3 is 5.32 Å². The van der Waals surface area contributed by atoms with Gasteiger partial charge in [-0.15, -0.1) is 0 Å². The maximum Gasteiger partial charge on any atom is 0.237 e. The molecule has 0 bridgehead atoms. The highest BCUT2D eigenvalue weighted by Gasteiger charge is 2.31. The van der Waals surface area contributed by atoms with E-state index in [1.54, 1.807) is 0 Å². The maximum atomic E-state index is 11.7. The molecule has 0 aromatic carbocycles. The quantitative estimate of drug-likeness (QED) is 0.757. The lowest BCUT2D eigenvalue weighted by molar-refractivity contribution is -0.127. The molecule has 0 aromatic rings. The fourth-order valence-electron chi connectivity index (χ4n) is 2.32. The number of hydrogen-bond donors (Lipinski definition) is 1. The molecule has 92 valence electrons. The lowest BCUT2D eigenvalue weighted by atomic mass is 10.1. The van der Waals surface area contributed by atoms with Crippen molar-refractivity contribution in [1.29, 1.82) is 0 Å². The second-order valence-corrected chi connectivity index (χ2v) is 6.55. The normalized spacial score (nSPS) is 29.6. The topological polar surface area (TPSA) is 66.5 Å². The van der Waals surface area contributed by atoms with E-state index in [1.165, 1.54) is 0 Å². The van der Waals surface area contributed by atoms with Crippen molar-refractivity contribution in [3.63, 3.8) is 0 Å². The zero-order chi connectivity index (χ0) is 11.6. The second kappa shape index (κ2) is 4.71. The molecular formula is C10H18N2O3S. The molecule has 2 saturated heterocycles. The third-order valence-electron chi connectivity index (χ3n) is 3.31. The molecule has 0 saturated carbocycles. The monoisotopic (exact) mass is 246 g/mol. The zero-order valence-corrected chi connectivity index (χ0v) is 10.1. The fourth-order valence-corrected chi connectivity index (χ4v) is 3.83. The lowest BCUT2D eigenvalue weighted by Gasteiger charge is -2.27. The number of amides is 1. The van der Waals surface area contributed by atoms with Crippen LogP contribution in [0.4, 0.5) is 0 Å². The van der Waals surface area contributed by atoms with E-state index in [2.05, 4.69) is 5.32 Å². The van der Waals surface area contributed by atoms with E-state index in [0.29, 0.717) is 25.3 Å². The van der Waals surface area contributed by atoms with E-state index in [4.69, 9.17) is 0 Å². The Morgan fingerprint density at radius 3 is 2.88 bits per heavy atom. The van der Waals surface area contributed by atoms with Crippen molar-refractivity contribution in [3.8, 4) is 0 Å². The molecule has 2 rings (SSSR count). The average molecular weight is 246 g/mol. The largest absolute Gasteiger partial charge is 0.316 e. The first-order chi connectivity index (χ1) is 7.59. The van der Waals surface area contributed by atoms with Crippen LogP contribution < -0.4 is 5.32 Å². The first-order valence-electron chi connectivity index (χ1n) is 5.83. The van der Waals surface area contributed by atoms with Crippen LogP contribution in [0.5, 0.6) is 0 Å². The van der Waals surface area contributed by atoms with Crippen LogP contribution in [0.25, 0.3) is 0 Å². The average Bonchev–Trinajstić information content (AvgIpc) is 2.68. The molecule has 1 N–H and O–H groups in total. The maximum absolute atomic E-state index is 11.7. The van der Waals surface area contributed by atoms with Crippen molar-refractivity contribution >= 4 is 15.9 Å². The Morgan fingerprint density at radius 1 is 1.44 bits per heavy atom. The Labute approximate surface area is 96.2 Å². The summed E-state index contributed by atoms with van der Waals surface area (Å²) in [7, 11) is -3.30. The molecule has 5 nitrogen and oxygen atoms in total. The summed E-state index contributed by atoms with van der Waals surface area (Å²) in [5, 5.41) is 3.24. The van der Waals surface area contributed by atoms with Crippen LogP contribution in [0.1, 0.15) is 25.7 Å². The predicted octanol–water partition coefficient (Wildman–Crippen LogP) is -0.0618. The first kappa shape index (κ1) is 11.9. The minimum atomic E-state index is -3.30. The van der Waals surface area contributed by atoms with Gasteiger partial charge in [-0.3, -0.25) is 4.79 Å². The smallest absolute Gasteiger partial charge is 0.237 e. The van der Waals surface area contributed by atoms with Crippen molar-refractivity contribution in [2.45, 2.75) is 25.7 Å². The lowest BCUT2D eigenvalue weighted by Crippen LogP contribution is -2.43. The number of nitrogens with one attached hydrogen (secondary N) is 1. The van der Waals surface area contributed by atoms with E-state index < -0.39 is 10.0 Å². The van der Waals surface area contributed by atoms with E-state index in [0.717, 1.165) is 30.2 Å². The highest BCUT2D eigenvalue weighted by Crippen LogP contribution is 2.19. The Bertz CT molecular complexity index is 360. The van der Waals surface area contributed by atoms with E-state index in [-0.39, 0.29) is 11.7 Å². The standard InChI is InChI=1S/C10H18N2O3S/c13-10-2-1-7-16(14,15)12(10)6-4-9-3-5-11-8-9/h9,11H,1-8H2. The summed E-state index contributed by atoms with van der Waals surface area (Å²) in [6, 6.07) is 0. The fraction of sp³-hybridized carbons (Fsp3) is 0.900. The predicted molar refractivity (Wildman–Crippen MR) is 60.3 cm³/mol. The number of rotatable bonds is 3. The van der Waals surface area contributed by atoms with Crippen LogP contribution in [-0.2, 0) is 14.8 Å². The van der Waals surface area contributed by atoms with Crippen LogP contribution in [-0.4, -0.2) is 44.0 Å². The van der Waals surface area contributed by atoms with Gasteiger partial charge in [0.15, 0.2) is 0 Å². The first-order valence-corrected chi connectivity index (χ1v) is 7.44. The number of carbonyl (C=O) groups excluding carboxylic acids is 1. The van der Waals surface area contributed by atoms with Crippen LogP contribution in [0.3, 0.4) is 0 Å². The van der Waals surface area contributed by atoms with Gasteiger partial charge >= 0.3 is 0 Å². The third-order valence-corrected chi connectivity index (χ3v) is 5.17. The van der Waals surface area contributed by atoms with Gasteiger partial charge in [-0.1, -0.05) is 0 Å². The molecule has 1 atom stereocenters. The Morgan fingerprint density at radius 2 is 2.25 bits per heavy atom. The van der Waals surface area contributed by atoms with Gasteiger partial charge in [0.2, 0.25) is 15.9 Å². The van der Waals surface area contributed by atoms with Crippen molar-refractivity contribution in [2.24, 2.45) is 5.92 Å². The summed E-state index contributed by atoms with van der Waals surface area (Å²) in [5.41, 5.74) is 0. The van der Waals surface area contributed by atoms with Crippen LogP contribution in [0, 0.1) is 5.92 Å². The van der Waals surface area contributed by atoms with Gasteiger partial charge in [0.1, 0.15) is 0 Å². The molecule has 2 aliphatic heterocycles. The molecule has 6 heteroatoms. The molecule has 0 spiro atoms. The number of carbonyl (C=O) groups is 1. The summed E-state index contributed by atoms with van der Waals surface area (Å²) >= 11 is 0. The number of sulfonamides is 1. The number of nitrogens with zero attached hydrogens (tertiary/aromatic N) is 1. The molecule has 1 unspecified atom stereocenters. The van der Waals surface area contributed by atoms with E-state index >= 15 is 0 Å². The minimum absolute atomic E-state index is 0.127. The van der Waals surface area contributed by atoms with Gasteiger partial charge in [0.05, 0.1) is 5.75 Å². The molecule has 0 aliphatic carbocycles. The third kappa shape index (κ3) is 2.55. The SMILES string of the molecule is O=C1CCCS(=O)(=O)N1CCC1CCNC1. The molecule has 0 aromatic heterocycles. The summed E-state index contributed by atoms with van der Waals surface area (Å²) in [4.78, 5) is 11.5. The summed E-state index contributed by atoms with van der Waals surface area (Å²) in [5.74, 6) is 0.420. The minimum Gasteiger partial charge on any atom is -0.316 e. The summed E-state index contributed by atoms with van der Waals surface area (Å²) < 4.78 is 24.5. The Balaban J connectivity index is 1.93. The summed E-state index contributed by atoms with van der Waals surface area (Å²) in [6.07, 6.45) is 2.73. The molecule has 0 radical (unpaired) electrons. The van der Waals surface area contributed by atoms with Crippen LogP contribution in [0.15, 0.2) is 0 Å². The summed E-state index contributed by atoms with van der Waals surface area (Å²) in [6.45, 7) is 2.32. The second-order valence-electron chi connectivity index (χ2n) is 4.53. The van der Waals surface area contributed by atoms with Gasteiger partial charge in [0, 0.05) is 13.0 Å². The Hall–Kier alpha value is -0.620. The molecule has 2 aliphatic rings. The van der Waals surface area contributed by atoms with Gasteiger partial charge in [0.25, 0.3) is 0 Å². The van der Waals surface area contributed by atoms with Crippen molar-refractivity contribution in [3.05, 3.63) is 0 Å². The van der Waals surface area contributed by atoms with Crippen molar-refractivity contribution in [1.82, 2.24) is 9.62 Å². The van der Waals surface area contributed by atoms with Gasteiger partial charge in [-0.05, 0) is 38.3 Å². The van der Waals surface area contributed by atoms with Crippen LogP contribution in [0.2, 0.25) is 0 Å². The van der Waals surface area contributed by atoms with E-state index in [9.17, 15) is 13.2 Å². The van der Waals surface area contributed by atoms with E-state index in [1.807, 2.05) is 0 Å². The Kier molecular flexibility index (Phi) is 3.49. The molecular weight excluding hydrogens is 228 g/mol. The van der Waals surface area contributed by atoms with Gasteiger partial charge in [-0.2, -0.15) is 0 Å².